The quantitative estimate of drug-likeness (QED) is 0.296. The van der Waals surface area contributed by atoms with Crippen molar-refractivity contribution in [1.82, 2.24) is 15.6 Å². The van der Waals surface area contributed by atoms with E-state index < -0.39 is 0 Å². The zero-order chi connectivity index (χ0) is 21.6. The van der Waals surface area contributed by atoms with Crippen LogP contribution in [0.3, 0.4) is 0 Å². The monoisotopic (exact) mass is 562 g/mol. The van der Waals surface area contributed by atoms with Crippen molar-refractivity contribution in [2.24, 2.45) is 4.99 Å². The fraction of sp³-hybridized carbons (Fsp3) is 0.545. The molecule has 0 spiro atoms. The maximum Gasteiger partial charge on any atom is 0.216 e. The molecule has 0 unspecified atom stereocenters. The number of halogens is 2. The summed E-state index contributed by atoms with van der Waals surface area (Å²) in [5, 5.41) is 7.51. The largest absolute Gasteiger partial charge is 0.496 e. The average molecular weight is 563 g/mol. The van der Waals surface area contributed by atoms with E-state index in [9.17, 15) is 0 Å². The first-order valence-electron chi connectivity index (χ1n) is 10.3. The molecule has 0 radical (unpaired) electrons. The van der Waals surface area contributed by atoms with Crippen LogP contribution in [0.2, 0.25) is 5.02 Å². The van der Waals surface area contributed by atoms with E-state index in [0.717, 1.165) is 48.1 Å². The van der Waals surface area contributed by atoms with Gasteiger partial charge in [0.05, 0.1) is 12.8 Å². The highest BCUT2D eigenvalue weighted by Crippen LogP contribution is 2.40. The fourth-order valence-electron chi connectivity index (χ4n) is 3.75. The van der Waals surface area contributed by atoms with Gasteiger partial charge in [-0.05, 0) is 51.8 Å². The molecule has 0 bridgehead atoms. The molecule has 1 saturated heterocycles. The Hall–Kier alpha value is -1.52. The SMILES string of the molecule is CCNC(=NCc1nc(C)c(C)o1)NCC1(c2cc(Cl)ccc2OC)CCOCC1.I. The summed E-state index contributed by atoms with van der Waals surface area (Å²) in [6.07, 6.45) is 1.74. The van der Waals surface area contributed by atoms with Crippen molar-refractivity contribution < 1.29 is 13.9 Å². The molecule has 3 rings (SSSR count). The van der Waals surface area contributed by atoms with Gasteiger partial charge in [0.1, 0.15) is 18.1 Å². The molecule has 172 valence electrons. The summed E-state index contributed by atoms with van der Waals surface area (Å²) in [6.45, 7) is 9.09. The number of nitrogens with one attached hydrogen (secondary N) is 2. The van der Waals surface area contributed by atoms with Gasteiger partial charge in [0.15, 0.2) is 5.96 Å². The van der Waals surface area contributed by atoms with Crippen molar-refractivity contribution in [3.8, 4) is 5.75 Å². The lowest BCUT2D eigenvalue weighted by Gasteiger charge is -2.39. The first-order chi connectivity index (χ1) is 14.5. The summed E-state index contributed by atoms with van der Waals surface area (Å²) < 4.78 is 17.0. The Morgan fingerprint density at radius 1 is 1.26 bits per heavy atom. The van der Waals surface area contributed by atoms with Crippen LogP contribution in [0.25, 0.3) is 0 Å². The smallest absolute Gasteiger partial charge is 0.216 e. The van der Waals surface area contributed by atoms with Gasteiger partial charge in [0.2, 0.25) is 5.89 Å². The van der Waals surface area contributed by atoms with Crippen LogP contribution in [0.15, 0.2) is 27.6 Å². The molecule has 1 aromatic carbocycles. The second-order valence-corrected chi connectivity index (χ2v) is 7.97. The Morgan fingerprint density at radius 2 is 2.00 bits per heavy atom. The number of guanidine groups is 1. The minimum atomic E-state index is -0.166. The van der Waals surface area contributed by atoms with Crippen molar-refractivity contribution in [2.75, 3.05) is 33.4 Å². The van der Waals surface area contributed by atoms with Gasteiger partial charge in [-0.2, -0.15) is 0 Å². The minimum absolute atomic E-state index is 0. The van der Waals surface area contributed by atoms with E-state index in [0.29, 0.717) is 37.2 Å². The number of hydrogen-bond donors (Lipinski definition) is 2. The van der Waals surface area contributed by atoms with E-state index in [2.05, 4.69) is 20.6 Å². The van der Waals surface area contributed by atoms with Gasteiger partial charge in [-0.25, -0.2) is 9.98 Å². The van der Waals surface area contributed by atoms with Crippen LogP contribution in [0.5, 0.6) is 5.75 Å². The van der Waals surface area contributed by atoms with Gasteiger partial charge in [0, 0.05) is 42.3 Å². The normalized spacial score (nSPS) is 15.8. The molecule has 0 aliphatic carbocycles. The summed E-state index contributed by atoms with van der Waals surface area (Å²) in [5.74, 6) is 3.00. The summed E-state index contributed by atoms with van der Waals surface area (Å²) in [4.78, 5) is 9.07. The highest BCUT2D eigenvalue weighted by molar-refractivity contribution is 14.0. The van der Waals surface area contributed by atoms with Gasteiger partial charge < -0.3 is 24.5 Å². The van der Waals surface area contributed by atoms with Crippen LogP contribution in [0, 0.1) is 13.8 Å². The highest BCUT2D eigenvalue weighted by Gasteiger charge is 2.37. The van der Waals surface area contributed by atoms with Crippen LogP contribution < -0.4 is 15.4 Å². The van der Waals surface area contributed by atoms with Crippen LogP contribution in [0.4, 0.5) is 0 Å². The number of aromatic nitrogens is 1. The predicted octanol–water partition coefficient (Wildman–Crippen LogP) is 4.37. The predicted molar refractivity (Wildman–Crippen MR) is 134 cm³/mol. The number of nitrogens with zero attached hydrogens (tertiary/aromatic N) is 2. The lowest BCUT2D eigenvalue weighted by molar-refractivity contribution is 0.0505. The summed E-state index contributed by atoms with van der Waals surface area (Å²) >= 11 is 6.34. The molecule has 2 heterocycles. The molecule has 0 atom stereocenters. The van der Waals surface area contributed by atoms with E-state index in [1.165, 1.54) is 0 Å². The second kappa shape index (κ2) is 11.9. The third-order valence-electron chi connectivity index (χ3n) is 5.57. The minimum Gasteiger partial charge on any atom is -0.496 e. The first kappa shape index (κ1) is 25.7. The molecule has 1 aromatic heterocycles. The number of oxazole rings is 1. The Labute approximate surface area is 206 Å². The maximum atomic E-state index is 6.34. The average Bonchev–Trinajstić information content (AvgIpc) is 3.08. The van der Waals surface area contributed by atoms with Crippen molar-refractivity contribution in [1.29, 1.82) is 0 Å². The molecule has 1 fully saturated rings. The zero-order valence-corrected chi connectivity index (χ0v) is 21.7. The van der Waals surface area contributed by atoms with Gasteiger partial charge in [0.25, 0.3) is 0 Å². The number of hydrogen-bond acceptors (Lipinski definition) is 5. The molecular formula is C22H32ClIN4O3. The lowest BCUT2D eigenvalue weighted by Crippen LogP contribution is -2.48. The summed E-state index contributed by atoms with van der Waals surface area (Å²) in [6, 6.07) is 5.80. The standard InChI is InChI=1S/C22H31ClN4O3.HI/c1-5-24-21(25-13-20-27-15(2)16(3)30-20)26-14-22(8-10-29-11-9-22)18-12-17(23)6-7-19(18)28-4;/h6-7,12H,5,8-11,13-14H2,1-4H3,(H2,24,25,26);1H. The molecule has 1 aliphatic heterocycles. The number of benzene rings is 1. The number of methoxy groups -OCH3 is 1. The molecule has 2 aromatic rings. The van der Waals surface area contributed by atoms with E-state index >= 15 is 0 Å². The van der Waals surface area contributed by atoms with Crippen molar-refractivity contribution >= 4 is 41.5 Å². The number of aliphatic imine (C=N–C) groups is 1. The number of aryl methyl sites for hydroxylation is 2. The second-order valence-electron chi connectivity index (χ2n) is 7.54. The van der Waals surface area contributed by atoms with Gasteiger partial charge in [-0.1, -0.05) is 11.6 Å². The van der Waals surface area contributed by atoms with E-state index in [1.54, 1.807) is 7.11 Å². The van der Waals surface area contributed by atoms with Crippen molar-refractivity contribution in [3.05, 3.63) is 46.1 Å². The van der Waals surface area contributed by atoms with E-state index in [1.807, 2.05) is 39.0 Å². The van der Waals surface area contributed by atoms with Crippen molar-refractivity contribution in [2.45, 2.75) is 45.6 Å². The van der Waals surface area contributed by atoms with Crippen LogP contribution in [0.1, 0.15) is 42.7 Å². The Morgan fingerprint density at radius 3 is 2.61 bits per heavy atom. The Bertz CT molecular complexity index is 862. The molecule has 9 heteroatoms. The van der Waals surface area contributed by atoms with Crippen LogP contribution >= 0.6 is 35.6 Å². The maximum absolute atomic E-state index is 6.34. The topological polar surface area (TPSA) is 80.9 Å². The van der Waals surface area contributed by atoms with E-state index in [-0.39, 0.29) is 29.4 Å². The molecule has 7 nitrogen and oxygen atoms in total. The highest BCUT2D eigenvalue weighted by atomic mass is 127. The van der Waals surface area contributed by atoms with Crippen LogP contribution in [-0.2, 0) is 16.7 Å². The molecule has 1 aliphatic rings. The third-order valence-corrected chi connectivity index (χ3v) is 5.80. The lowest BCUT2D eigenvalue weighted by atomic mass is 9.73. The van der Waals surface area contributed by atoms with Gasteiger partial charge in [-0.15, -0.1) is 24.0 Å². The van der Waals surface area contributed by atoms with Crippen LogP contribution in [-0.4, -0.2) is 44.4 Å². The summed E-state index contributed by atoms with van der Waals surface area (Å²) in [7, 11) is 1.69. The number of rotatable bonds is 7. The number of ether oxygens (including phenoxy) is 2. The molecule has 0 saturated carbocycles. The fourth-order valence-corrected chi connectivity index (χ4v) is 3.92. The first-order valence-corrected chi connectivity index (χ1v) is 10.7. The molecule has 2 N–H and O–H groups in total. The van der Waals surface area contributed by atoms with Gasteiger partial charge in [-0.3, -0.25) is 0 Å². The van der Waals surface area contributed by atoms with Crippen molar-refractivity contribution in [3.63, 3.8) is 0 Å². The van der Waals surface area contributed by atoms with Gasteiger partial charge >= 0.3 is 0 Å². The molecule has 0 amide bonds. The van der Waals surface area contributed by atoms with E-state index in [4.69, 9.17) is 25.5 Å². The Kier molecular flexibility index (Phi) is 9.90. The third kappa shape index (κ3) is 6.49. The zero-order valence-electron chi connectivity index (χ0n) is 18.6. The summed E-state index contributed by atoms with van der Waals surface area (Å²) in [5.41, 5.74) is 1.83. The molecular weight excluding hydrogens is 531 g/mol. The molecule has 31 heavy (non-hydrogen) atoms. The Balaban J connectivity index is 0.00000341.